The van der Waals surface area contributed by atoms with Crippen molar-refractivity contribution in [2.45, 2.75) is 45.3 Å². The van der Waals surface area contributed by atoms with E-state index in [-0.39, 0.29) is 17.6 Å². The third-order valence-electron chi connectivity index (χ3n) is 3.17. The maximum absolute atomic E-state index is 11.8. The molecule has 1 aliphatic carbocycles. The molecule has 3 atom stereocenters. The molecule has 3 nitrogen and oxygen atoms in total. The first-order valence-corrected chi connectivity index (χ1v) is 5.43. The highest BCUT2D eigenvalue weighted by molar-refractivity contribution is 5.77. The van der Waals surface area contributed by atoms with E-state index in [4.69, 9.17) is 4.74 Å². The highest BCUT2D eigenvalue weighted by Gasteiger charge is 2.46. The number of nitrogens with one attached hydrogen (secondary N) is 1. The molecule has 0 spiro atoms. The van der Waals surface area contributed by atoms with Crippen LogP contribution >= 0.6 is 0 Å². The Bertz CT molecular complexity index is 244. The Hall–Kier alpha value is -0.570. The summed E-state index contributed by atoms with van der Waals surface area (Å²) >= 11 is 0. The average molecular weight is 197 g/mol. The zero-order valence-electron chi connectivity index (χ0n) is 9.17. The fraction of sp³-hybridized carbons (Fsp3) is 0.909. The van der Waals surface area contributed by atoms with E-state index in [0.29, 0.717) is 5.92 Å². The molecule has 1 saturated heterocycles. The molecule has 1 N–H and O–H groups in total. The number of carbonyl (C=O) groups excluding carboxylic acids is 1. The van der Waals surface area contributed by atoms with Crippen molar-refractivity contribution in [1.29, 1.82) is 0 Å². The quantitative estimate of drug-likeness (QED) is 0.644. The zero-order valence-corrected chi connectivity index (χ0v) is 9.17. The fourth-order valence-electron chi connectivity index (χ4n) is 2.34. The van der Waals surface area contributed by atoms with Gasteiger partial charge in [0.1, 0.15) is 11.6 Å². The van der Waals surface area contributed by atoms with E-state index >= 15 is 0 Å². The smallest absolute Gasteiger partial charge is 0.323 e. The molecule has 1 heterocycles. The molecule has 0 aromatic heterocycles. The monoisotopic (exact) mass is 197 g/mol. The molecule has 0 aromatic rings. The lowest BCUT2D eigenvalue weighted by Gasteiger charge is -2.33. The molecule has 3 heteroatoms. The van der Waals surface area contributed by atoms with Gasteiger partial charge in [-0.05, 0) is 52.0 Å². The second-order valence-electron chi connectivity index (χ2n) is 5.42. The van der Waals surface area contributed by atoms with Crippen molar-refractivity contribution in [2.24, 2.45) is 11.8 Å². The normalized spacial score (nSPS) is 36.1. The van der Waals surface area contributed by atoms with E-state index in [9.17, 15) is 4.79 Å². The van der Waals surface area contributed by atoms with E-state index in [1.807, 2.05) is 20.8 Å². The van der Waals surface area contributed by atoms with Gasteiger partial charge >= 0.3 is 5.97 Å². The van der Waals surface area contributed by atoms with Crippen LogP contribution in [-0.2, 0) is 9.53 Å². The first-order chi connectivity index (χ1) is 6.47. The third-order valence-corrected chi connectivity index (χ3v) is 3.17. The molecule has 0 aromatic carbocycles. The van der Waals surface area contributed by atoms with Gasteiger partial charge in [-0.3, -0.25) is 4.79 Å². The van der Waals surface area contributed by atoms with E-state index in [0.717, 1.165) is 12.5 Å². The Kier molecular flexibility index (Phi) is 2.30. The minimum atomic E-state index is -0.361. The molecule has 0 amide bonds. The van der Waals surface area contributed by atoms with Crippen LogP contribution in [0.1, 0.15) is 33.6 Å². The van der Waals surface area contributed by atoms with Gasteiger partial charge in [0.05, 0.1) is 0 Å². The van der Waals surface area contributed by atoms with Crippen LogP contribution in [0.15, 0.2) is 0 Å². The molecule has 0 unspecified atom stereocenters. The minimum Gasteiger partial charge on any atom is -0.459 e. The largest absolute Gasteiger partial charge is 0.459 e. The van der Waals surface area contributed by atoms with Crippen LogP contribution in [-0.4, -0.2) is 24.2 Å². The number of hydrogen-bond acceptors (Lipinski definition) is 3. The second-order valence-corrected chi connectivity index (χ2v) is 5.42. The summed E-state index contributed by atoms with van der Waals surface area (Å²) in [5.74, 6) is 1.21. The van der Waals surface area contributed by atoms with Crippen LogP contribution in [0, 0.1) is 11.8 Å². The van der Waals surface area contributed by atoms with E-state index < -0.39 is 0 Å². The number of rotatable bonds is 1. The molecule has 14 heavy (non-hydrogen) atoms. The highest BCUT2D eigenvalue weighted by atomic mass is 16.6. The van der Waals surface area contributed by atoms with Gasteiger partial charge in [0, 0.05) is 0 Å². The van der Waals surface area contributed by atoms with Crippen LogP contribution < -0.4 is 5.32 Å². The molecule has 2 fully saturated rings. The highest BCUT2D eigenvalue weighted by Crippen LogP contribution is 2.40. The summed E-state index contributed by atoms with van der Waals surface area (Å²) in [6.07, 6.45) is 2.46. The van der Waals surface area contributed by atoms with Crippen molar-refractivity contribution in [3.05, 3.63) is 0 Å². The Morgan fingerprint density at radius 2 is 2.07 bits per heavy atom. The van der Waals surface area contributed by atoms with Gasteiger partial charge in [-0.15, -0.1) is 0 Å². The number of ether oxygens (including phenoxy) is 1. The molecule has 1 aliphatic heterocycles. The molecule has 80 valence electrons. The van der Waals surface area contributed by atoms with Gasteiger partial charge in [-0.1, -0.05) is 0 Å². The SMILES string of the molecule is CC(C)(C)OC(=O)[C@@H]1NC[C@H]2CC[C@H]21. The number of hydrogen-bond donors (Lipinski definition) is 1. The van der Waals surface area contributed by atoms with Crippen LogP contribution in [0.25, 0.3) is 0 Å². The lowest BCUT2D eigenvalue weighted by atomic mass is 9.73. The lowest BCUT2D eigenvalue weighted by molar-refractivity contribution is -0.159. The number of fused-ring (bicyclic) bond motifs is 1. The maximum Gasteiger partial charge on any atom is 0.323 e. The Morgan fingerprint density at radius 3 is 2.50 bits per heavy atom. The summed E-state index contributed by atoms with van der Waals surface area (Å²) in [6.45, 7) is 6.74. The topological polar surface area (TPSA) is 38.3 Å². The number of esters is 1. The zero-order chi connectivity index (χ0) is 10.3. The Morgan fingerprint density at radius 1 is 1.36 bits per heavy atom. The maximum atomic E-state index is 11.8. The second kappa shape index (κ2) is 3.23. The summed E-state index contributed by atoms with van der Waals surface area (Å²) < 4.78 is 5.37. The summed E-state index contributed by atoms with van der Waals surface area (Å²) in [5, 5.41) is 3.27. The molecule has 2 rings (SSSR count). The molecule has 0 radical (unpaired) electrons. The molecular formula is C11H19NO2. The Balaban J connectivity index is 1.92. The Labute approximate surface area is 85.2 Å². The van der Waals surface area contributed by atoms with Crippen molar-refractivity contribution in [3.63, 3.8) is 0 Å². The van der Waals surface area contributed by atoms with Gasteiger partial charge < -0.3 is 10.1 Å². The molecular weight excluding hydrogens is 178 g/mol. The third kappa shape index (κ3) is 1.78. The average Bonchev–Trinajstić information content (AvgIpc) is 2.22. The van der Waals surface area contributed by atoms with Gasteiger partial charge in [-0.25, -0.2) is 0 Å². The van der Waals surface area contributed by atoms with E-state index in [2.05, 4.69) is 5.32 Å². The standard InChI is InChI=1S/C11H19NO2/c1-11(2,3)14-10(13)9-8-5-4-7(8)6-12-9/h7-9,12H,4-6H2,1-3H3/t7-,8-,9-/m1/s1. The molecule has 2 aliphatic rings. The van der Waals surface area contributed by atoms with Gasteiger partial charge in [-0.2, -0.15) is 0 Å². The van der Waals surface area contributed by atoms with Gasteiger partial charge in [0.2, 0.25) is 0 Å². The summed E-state index contributed by atoms with van der Waals surface area (Å²) in [4.78, 5) is 11.8. The molecule has 0 bridgehead atoms. The van der Waals surface area contributed by atoms with Crippen LogP contribution in [0.4, 0.5) is 0 Å². The van der Waals surface area contributed by atoms with Crippen molar-refractivity contribution in [3.8, 4) is 0 Å². The minimum absolute atomic E-state index is 0.0343. The van der Waals surface area contributed by atoms with Crippen molar-refractivity contribution >= 4 is 5.97 Å². The van der Waals surface area contributed by atoms with Crippen LogP contribution in [0.5, 0.6) is 0 Å². The van der Waals surface area contributed by atoms with Crippen molar-refractivity contribution in [2.75, 3.05) is 6.54 Å². The first-order valence-electron chi connectivity index (χ1n) is 5.43. The van der Waals surface area contributed by atoms with Crippen molar-refractivity contribution < 1.29 is 9.53 Å². The summed E-state index contributed by atoms with van der Waals surface area (Å²) in [5.41, 5.74) is -0.361. The summed E-state index contributed by atoms with van der Waals surface area (Å²) in [7, 11) is 0. The van der Waals surface area contributed by atoms with Gasteiger partial charge in [0.25, 0.3) is 0 Å². The lowest BCUT2D eigenvalue weighted by Crippen LogP contribution is -2.42. The predicted molar refractivity (Wildman–Crippen MR) is 53.8 cm³/mol. The molecule has 1 saturated carbocycles. The van der Waals surface area contributed by atoms with Gasteiger partial charge in [0.15, 0.2) is 0 Å². The predicted octanol–water partition coefficient (Wildman–Crippen LogP) is 1.33. The number of carbonyl (C=O) groups is 1. The summed E-state index contributed by atoms with van der Waals surface area (Å²) in [6, 6.07) is -0.0343. The van der Waals surface area contributed by atoms with Crippen LogP contribution in [0.2, 0.25) is 0 Å². The van der Waals surface area contributed by atoms with Crippen LogP contribution in [0.3, 0.4) is 0 Å². The van der Waals surface area contributed by atoms with Crippen molar-refractivity contribution in [1.82, 2.24) is 5.32 Å². The first kappa shape index (κ1) is 9.97. The van der Waals surface area contributed by atoms with E-state index in [1.165, 1.54) is 12.8 Å². The van der Waals surface area contributed by atoms with E-state index in [1.54, 1.807) is 0 Å². The fourth-order valence-corrected chi connectivity index (χ4v) is 2.34.